The van der Waals surface area contributed by atoms with Gasteiger partial charge in [0, 0.05) is 18.0 Å². The number of nitrogens with one attached hydrogen (secondary N) is 1. The molecule has 0 fully saturated rings. The van der Waals surface area contributed by atoms with Gasteiger partial charge in [0.1, 0.15) is 11.5 Å². The molecule has 0 aliphatic rings. The van der Waals surface area contributed by atoms with E-state index in [-0.39, 0.29) is 0 Å². The molecule has 0 saturated carbocycles. The molecule has 0 radical (unpaired) electrons. The number of ether oxygens (including phenoxy) is 1. The van der Waals surface area contributed by atoms with Crippen molar-refractivity contribution in [1.29, 1.82) is 0 Å². The van der Waals surface area contributed by atoms with Crippen LogP contribution in [0.3, 0.4) is 0 Å². The molecular formula is C12H14N2O2. The van der Waals surface area contributed by atoms with Crippen LogP contribution in [-0.4, -0.2) is 12.1 Å². The highest BCUT2D eigenvalue weighted by molar-refractivity contribution is 5.45. The largest absolute Gasteiger partial charge is 0.481 e. The number of nitrogens with zero attached hydrogens (tertiary/aromatic N) is 1. The lowest BCUT2D eigenvalue weighted by molar-refractivity contribution is 0.398. The van der Waals surface area contributed by atoms with Gasteiger partial charge in [0.15, 0.2) is 0 Å². The van der Waals surface area contributed by atoms with Crippen molar-refractivity contribution in [2.45, 2.75) is 13.5 Å². The van der Waals surface area contributed by atoms with Gasteiger partial charge in [-0.1, -0.05) is 0 Å². The van der Waals surface area contributed by atoms with E-state index >= 15 is 0 Å². The highest BCUT2D eigenvalue weighted by atomic mass is 16.5. The molecular weight excluding hydrogens is 204 g/mol. The number of aryl methyl sites for hydroxylation is 1. The minimum absolute atomic E-state index is 0.598. The van der Waals surface area contributed by atoms with E-state index in [1.165, 1.54) is 0 Å². The van der Waals surface area contributed by atoms with Gasteiger partial charge in [-0.15, -0.1) is 0 Å². The van der Waals surface area contributed by atoms with Crippen LogP contribution in [0, 0.1) is 6.92 Å². The van der Waals surface area contributed by atoms with Crippen LogP contribution in [-0.2, 0) is 6.54 Å². The summed E-state index contributed by atoms with van der Waals surface area (Å²) in [5.74, 6) is 2.43. The summed E-state index contributed by atoms with van der Waals surface area (Å²) in [5, 5.41) is 3.24. The van der Waals surface area contributed by atoms with Gasteiger partial charge in [-0.05, 0) is 25.1 Å². The van der Waals surface area contributed by atoms with Crippen molar-refractivity contribution >= 4 is 5.69 Å². The van der Waals surface area contributed by atoms with Crippen LogP contribution < -0.4 is 10.1 Å². The molecule has 2 heterocycles. The topological polar surface area (TPSA) is 47.3 Å². The first-order valence-electron chi connectivity index (χ1n) is 5.07. The zero-order valence-corrected chi connectivity index (χ0v) is 9.36. The molecule has 0 aliphatic carbocycles. The smallest absolute Gasteiger partial charge is 0.214 e. The molecule has 4 heteroatoms. The number of methoxy groups -OCH3 is 1. The third-order valence-electron chi connectivity index (χ3n) is 2.21. The van der Waals surface area contributed by atoms with Crippen molar-refractivity contribution in [2.24, 2.45) is 0 Å². The monoisotopic (exact) mass is 218 g/mol. The van der Waals surface area contributed by atoms with Crippen molar-refractivity contribution < 1.29 is 9.15 Å². The Kier molecular flexibility index (Phi) is 3.10. The fourth-order valence-corrected chi connectivity index (χ4v) is 1.40. The number of rotatable bonds is 4. The van der Waals surface area contributed by atoms with Crippen molar-refractivity contribution in [3.8, 4) is 5.88 Å². The number of hydrogen-bond acceptors (Lipinski definition) is 4. The summed E-state index contributed by atoms with van der Waals surface area (Å²) >= 11 is 0. The first-order valence-corrected chi connectivity index (χ1v) is 5.07. The summed E-state index contributed by atoms with van der Waals surface area (Å²) < 4.78 is 10.5. The van der Waals surface area contributed by atoms with Crippen molar-refractivity contribution in [3.05, 3.63) is 42.0 Å². The Morgan fingerprint density at radius 1 is 1.38 bits per heavy atom. The van der Waals surface area contributed by atoms with E-state index in [1.807, 2.05) is 31.2 Å². The van der Waals surface area contributed by atoms with E-state index in [2.05, 4.69) is 10.3 Å². The second-order valence-corrected chi connectivity index (χ2v) is 3.45. The van der Waals surface area contributed by atoms with Crippen LogP contribution in [0.4, 0.5) is 5.69 Å². The van der Waals surface area contributed by atoms with Crippen molar-refractivity contribution in [3.63, 3.8) is 0 Å². The molecule has 0 amide bonds. The molecule has 0 spiro atoms. The lowest BCUT2D eigenvalue weighted by Gasteiger charge is -2.05. The van der Waals surface area contributed by atoms with Crippen molar-refractivity contribution in [2.75, 3.05) is 12.4 Å². The molecule has 0 aliphatic heterocycles. The third-order valence-corrected chi connectivity index (χ3v) is 2.21. The Morgan fingerprint density at radius 3 is 2.94 bits per heavy atom. The maximum atomic E-state index is 5.45. The molecule has 2 aromatic heterocycles. The molecule has 0 saturated heterocycles. The highest BCUT2D eigenvalue weighted by Gasteiger charge is 1.99. The number of aromatic nitrogens is 1. The summed E-state index contributed by atoms with van der Waals surface area (Å²) in [5.41, 5.74) is 0.959. The minimum atomic E-state index is 0.598. The average Bonchev–Trinajstić information content (AvgIpc) is 2.73. The quantitative estimate of drug-likeness (QED) is 0.856. The SMILES string of the molecule is COc1cc(NCc2ccc(C)o2)ccn1. The fourth-order valence-electron chi connectivity index (χ4n) is 1.40. The van der Waals surface area contributed by atoms with E-state index in [1.54, 1.807) is 13.3 Å². The van der Waals surface area contributed by atoms with Gasteiger partial charge in [0.2, 0.25) is 5.88 Å². The van der Waals surface area contributed by atoms with Gasteiger partial charge < -0.3 is 14.5 Å². The Balaban J connectivity index is 1.99. The minimum Gasteiger partial charge on any atom is -0.481 e. The molecule has 0 aromatic carbocycles. The molecule has 1 N–H and O–H groups in total. The summed E-state index contributed by atoms with van der Waals surface area (Å²) in [6.45, 7) is 2.58. The van der Waals surface area contributed by atoms with Gasteiger partial charge >= 0.3 is 0 Å². The average molecular weight is 218 g/mol. The maximum absolute atomic E-state index is 5.45. The third kappa shape index (κ3) is 2.53. The molecule has 2 rings (SSSR count). The lowest BCUT2D eigenvalue weighted by atomic mass is 10.3. The van der Waals surface area contributed by atoms with Crippen LogP contribution >= 0.6 is 0 Å². The standard InChI is InChI=1S/C12H14N2O2/c1-9-3-4-11(16-9)8-14-10-5-6-13-12(7-10)15-2/h3-7H,8H2,1-2H3,(H,13,14). The first kappa shape index (κ1) is 10.5. The number of pyridine rings is 1. The van der Waals surface area contributed by atoms with Gasteiger partial charge in [0.25, 0.3) is 0 Å². The molecule has 4 nitrogen and oxygen atoms in total. The van der Waals surface area contributed by atoms with Crippen molar-refractivity contribution in [1.82, 2.24) is 4.98 Å². The molecule has 0 atom stereocenters. The van der Waals surface area contributed by atoms with Gasteiger partial charge in [-0.2, -0.15) is 0 Å². The summed E-state index contributed by atoms with van der Waals surface area (Å²) in [7, 11) is 1.60. The molecule has 0 bridgehead atoms. The van der Waals surface area contributed by atoms with Gasteiger partial charge in [0.05, 0.1) is 13.7 Å². The predicted molar refractivity (Wildman–Crippen MR) is 61.6 cm³/mol. The number of anilines is 1. The second kappa shape index (κ2) is 4.70. The van der Waals surface area contributed by atoms with Crippen LogP contribution in [0.2, 0.25) is 0 Å². The van der Waals surface area contributed by atoms with Gasteiger partial charge in [-0.3, -0.25) is 0 Å². The van der Waals surface area contributed by atoms with E-state index in [0.29, 0.717) is 12.4 Å². The first-order chi connectivity index (χ1) is 7.78. The number of hydrogen-bond donors (Lipinski definition) is 1. The molecule has 16 heavy (non-hydrogen) atoms. The Hall–Kier alpha value is -1.97. The van der Waals surface area contributed by atoms with Crippen LogP contribution in [0.15, 0.2) is 34.9 Å². The molecule has 0 unspecified atom stereocenters. The second-order valence-electron chi connectivity index (χ2n) is 3.45. The van der Waals surface area contributed by atoms with Crippen LogP contribution in [0.5, 0.6) is 5.88 Å². The fraction of sp³-hybridized carbons (Fsp3) is 0.250. The molecule has 2 aromatic rings. The Morgan fingerprint density at radius 2 is 2.25 bits per heavy atom. The van der Waals surface area contributed by atoms with Crippen LogP contribution in [0.25, 0.3) is 0 Å². The predicted octanol–water partition coefficient (Wildman–Crippen LogP) is 2.60. The summed E-state index contributed by atoms with van der Waals surface area (Å²) in [6, 6.07) is 7.64. The Bertz CT molecular complexity index is 466. The van der Waals surface area contributed by atoms with Crippen LogP contribution in [0.1, 0.15) is 11.5 Å². The summed E-state index contributed by atoms with van der Waals surface area (Å²) in [4.78, 5) is 4.03. The lowest BCUT2D eigenvalue weighted by Crippen LogP contribution is -1.98. The summed E-state index contributed by atoms with van der Waals surface area (Å²) in [6.07, 6.45) is 1.70. The maximum Gasteiger partial charge on any atom is 0.214 e. The normalized spacial score (nSPS) is 10.1. The Labute approximate surface area is 94.3 Å². The van der Waals surface area contributed by atoms with E-state index in [0.717, 1.165) is 17.2 Å². The van der Waals surface area contributed by atoms with E-state index in [9.17, 15) is 0 Å². The number of furan rings is 1. The van der Waals surface area contributed by atoms with E-state index < -0.39 is 0 Å². The zero-order valence-electron chi connectivity index (χ0n) is 9.36. The van der Waals surface area contributed by atoms with E-state index in [4.69, 9.17) is 9.15 Å². The molecule has 84 valence electrons. The highest BCUT2D eigenvalue weighted by Crippen LogP contribution is 2.15. The van der Waals surface area contributed by atoms with Gasteiger partial charge in [-0.25, -0.2) is 4.98 Å². The zero-order chi connectivity index (χ0) is 11.4.